The van der Waals surface area contributed by atoms with Crippen LogP contribution in [0.25, 0.3) is 22.2 Å². The Morgan fingerprint density at radius 3 is 2.60 bits per heavy atom. The molecule has 4 N–H and O–H groups in total. The highest BCUT2D eigenvalue weighted by Crippen LogP contribution is 2.35. The fourth-order valence-electron chi connectivity index (χ4n) is 4.19. The first-order chi connectivity index (χ1) is 20.3. The van der Waals surface area contributed by atoms with Crippen molar-refractivity contribution in [2.45, 2.75) is 25.4 Å². The van der Waals surface area contributed by atoms with Gasteiger partial charge in [-0.2, -0.15) is 0 Å². The second kappa shape index (κ2) is 12.7. The first-order valence-corrected chi connectivity index (χ1v) is 13.2. The molecule has 0 spiro atoms. The minimum atomic E-state index is -1.13. The number of nitrogens with zero attached hydrogens (tertiary/aromatic N) is 2. The standard InChI is InChI=1S/C30H24ClFN4O6/c31-21-14-18(6-10-26(21)42-27-4-2-1-3-22(27)32)36-29-20-13-17(5-8-23(20)34-16-35-29)25-11-7-19(41-25)15-33-24(30(39)40)9-12-28(37)38/h1-8,10-11,13-14,16,24,33H,9,12,15H2,(H,37,38)(H,39,40)(H,34,35,36). The number of carboxylic acid groups (broad SMARTS) is 2. The Kier molecular flexibility index (Phi) is 8.60. The monoisotopic (exact) mass is 590 g/mol. The Morgan fingerprint density at radius 1 is 1.00 bits per heavy atom. The number of carboxylic acids is 2. The van der Waals surface area contributed by atoms with Gasteiger partial charge in [0.05, 0.1) is 17.1 Å². The SMILES string of the molecule is O=C(O)CCC(NCc1ccc(-c2ccc3ncnc(Nc4ccc(Oc5ccccc5F)c(Cl)c4)c3c2)o1)C(=O)O. The maximum Gasteiger partial charge on any atom is 0.320 e. The predicted molar refractivity (Wildman–Crippen MR) is 154 cm³/mol. The third-order valence-electron chi connectivity index (χ3n) is 6.30. The van der Waals surface area contributed by atoms with E-state index >= 15 is 0 Å². The summed E-state index contributed by atoms with van der Waals surface area (Å²) < 4.78 is 25.5. The van der Waals surface area contributed by atoms with Crippen molar-refractivity contribution in [2.75, 3.05) is 5.32 Å². The molecule has 42 heavy (non-hydrogen) atoms. The van der Waals surface area contributed by atoms with E-state index in [2.05, 4.69) is 20.6 Å². The van der Waals surface area contributed by atoms with Crippen LogP contribution in [0.3, 0.4) is 0 Å². The molecule has 0 aliphatic heterocycles. The van der Waals surface area contributed by atoms with Gasteiger partial charge in [-0.15, -0.1) is 0 Å². The van der Waals surface area contributed by atoms with Crippen molar-refractivity contribution in [3.05, 3.63) is 95.7 Å². The first-order valence-electron chi connectivity index (χ1n) is 12.8. The lowest BCUT2D eigenvalue weighted by Gasteiger charge is -2.12. The molecular formula is C30H24ClFN4O6. The van der Waals surface area contributed by atoms with Gasteiger partial charge >= 0.3 is 11.9 Å². The summed E-state index contributed by atoms with van der Waals surface area (Å²) in [6, 6.07) is 19.0. The number of furan rings is 1. The van der Waals surface area contributed by atoms with Gasteiger partial charge in [0.15, 0.2) is 11.6 Å². The quantitative estimate of drug-likeness (QED) is 0.125. The zero-order valence-corrected chi connectivity index (χ0v) is 22.6. The largest absolute Gasteiger partial charge is 0.481 e. The Labute approximate surface area is 243 Å². The highest BCUT2D eigenvalue weighted by Gasteiger charge is 2.19. The number of carbonyl (C=O) groups is 2. The number of para-hydroxylation sites is 1. The fourth-order valence-corrected chi connectivity index (χ4v) is 4.41. The summed E-state index contributed by atoms with van der Waals surface area (Å²) in [5, 5.41) is 25.2. The minimum Gasteiger partial charge on any atom is -0.481 e. The van der Waals surface area contributed by atoms with Crippen molar-refractivity contribution in [2.24, 2.45) is 0 Å². The average molecular weight is 591 g/mol. The summed E-state index contributed by atoms with van der Waals surface area (Å²) in [5.74, 6) is -0.804. The van der Waals surface area contributed by atoms with Crippen molar-refractivity contribution in [1.82, 2.24) is 15.3 Å². The van der Waals surface area contributed by atoms with E-state index in [0.717, 1.165) is 5.56 Å². The molecule has 0 fully saturated rings. The molecule has 0 aliphatic carbocycles. The molecule has 214 valence electrons. The number of benzene rings is 3. The molecule has 0 amide bonds. The van der Waals surface area contributed by atoms with Gasteiger partial charge in [0.25, 0.3) is 0 Å². The lowest BCUT2D eigenvalue weighted by molar-refractivity contribution is -0.140. The van der Waals surface area contributed by atoms with Crippen LogP contribution in [0.2, 0.25) is 5.02 Å². The molecule has 10 nitrogen and oxygen atoms in total. The molecule has 5 aromatic rings. The molecule has 1 unspecified atom stereocenters. The second-order valence-electron chi connectivity index (χ2n) is 9.23. The van der Waals surface area contributed by atoms with Gasteiger partial charge < -0.3 is 24.7 Å². The van der Waals surface area contributed by atoms with Crippen LogP contribution >= 0.6 is 11.6 Å². The normalized spacial score (nSPS) is 11.8. The Morgan fingerprint density at radius 2 is 1.83 bits per heavy atom. The zero-order chi connectivity index (χ0) is 29.6. The van der Waals surface area contributed by atoms with E-state index in [1.165, 1.54) is 18.5 Å². The molecule has 2 aromatic heterocycles. The number of nitrogens with one attached hydrogen (secondary N) is 2. The molecule has 1 atom stereocenters. The van der Waals surface area contributed by atoms with Crippen LogP contribution in [0.15, 0.2) is 83.5 Å². The predicted octanol–water partition coefficient (Wildman–Crippen LogP) is 6.63. The van der Waals surface area contributed by atoms with E-state index in [1.807, 2.05) is 18.2 Å². The third kappa shape index (κ3) is 6.82. The first kappa shape index (κ1) is 28.5. The van der Waals surface area contributed by atoms with Crippen molar-refractivity contribution < 1.29 is 33.3 Å². The van der Waals surface area contributed by atoms with Gasteiger partial charge in [-0.05, 0) is 67.1 Å². The van der Waals surface area contributed by atoms with Gasteiger partial charge in [0.1, 0.15) is 35.5 Å². The third-order valence-corrected chi connectivity index (χ3v) is 6.60. The highest BCUT2D eigenvalue weighted by molar-refractivity contribution is 6.32. The Hall–Kier alpha value is -5.00. The van der Waals surface area contributed by atoms with E-state index in [1.54, 1.807) is 42.5 Å². The number of aromatic nitrogens is 2. The van der Waals surface area contributed by atoms with Crippen molar-refractivity contribution >= 4 is 45.9 Å². The Bertz CT molecular complexity index is 1760. The van der Waals surface area contributed by atoms with Crippen LogP contribution < -0.4 is 15.4 Å². The lowest BCUT2D eigenvalue weighted by atomic mass is 10.1. The minimum absolute atomic E-state index is 0.0504. The van der Waals surface area contributed by atoms with Crippen LogP contribution in [-0.4, -0.2) is 38.2 Å². The van der Waals surface area contributed by atoms with Crippen molar-refractivity contribution in [1.29, 1.82) is 0 Å². The number of hydrogen-bond acceptors (Lipinski definition) is 8. The molecule has 0 saturated heterocycles. The van der Waals surface area contributed by atoms with Crippen LogP contribution in [0.5, 0.6) is 11.5 Å². The molecule has 12 heteroatoms. The van der Waals surface area contributed by atoms with Crippen molar-refractivity contribution in [3.63, 3.8) is 0 Å². The summed E-state index contributed by atoms with van der Waals surface area (Å²) in [6.07, 6.45) is 1.12. The maximum absolute atomic E-state index is 14.0. The van der Waals surface area contributed by atoms with Crippen LogP contribution in [-0.2, 0) is 16.1 Å². The molecular weight excluding hydrogens is 567 g/mol. The topological polar surface area (TPSA) is 147 Å². The van der Waals surface area contributed by atoms with Crippen LogP contribution in [0, 0.1) is 5.82 Å². The van der Waals surface area contributed by atoms with E-state index in [0.29, 0.717) is 39.7 Å². The summed E-state index contributed by atoms with van der Waals surface area (Å²) in [7, 11) is 0. The van der Waals surface area contributed by atoms with Gasteiger partial charge in [-0.1, -0.05) is 23.7 Å². The molecule has 0 bridgehead atoms. The number of rotatable bonds is 12. The summed E-state index contributed by atoms with van der Waals surface area (Å²) in [5.41, 5.74) is 2.03. The maximum atomic E-state index is 14.0. The van der Waals surface area contributed by atoms with Gasteiger partial charge in [-0.3, -0.25) is 14.9 Å². The van der Waals surface area contributed by atoms with Crippen molar-refractivity contribution in [3.8, 4) is 22.8 Å². The number of aliphatic carboxylic acids is 2. The molecule has 0 saturated carbocycles. The number of ether oxygens (including phenoxy) is 1. The summed E-state index contributed by atoms with van der Waals surface area (Å²) in [4.78, 5) is 31.0. The zero-order valence-electron chi connectivity index (χ0n) is 21.9. The summed E-state index contributed by atoms with van der Waals surface area (Å²) >= 11 is 6.42. The fraction of sp³-hybridized carbons (Fsp3) is 0.133. The van der Waals surface area contributed by atoms with E-state index < -0.39 is 23.8 Å². The van der Waals surface area contributed by atoms with Gasteiger partial charge in [0.2, 0.25) is 0 Å². The number of fused-ring (bicyclic) bond motifs is 1. The number of anilines is 2. The number of hydrogen-bond donors (Lipinski definition) is 4. The van der Waals surface area contributed by atoms with Gasteiger partial charge in [0, 0.05) is 23.1 Å². The molecule has 3 aromatic carbocycles. The van der Waals surface area contributed by atoms with E-state index in [9.17, 15) is 19.1 Å². The van der Waals surface area contributed by atoms with Crippen LogP contribution in [0.4, 0.5) is 15.9 Å². The number of halogens is 2. The highest BCUT2D eigenvalue weighted by atomic mass is 35.5. The lowest BCUT2D eigenvalue weighted by Crippen LogP contribution is -2.36. The summed E-state index contributed by atoms with van der Waals surface area (Å²) in [6.45, 7) is 0.109. The van der Waals surface area contributed by atoms with Gasteiger partial charge in [-0.25, -0.2) is 14.4 Å². The van der Waals surface area contributed by atoms with Crippen LogP contribution in [0.1, 0.15) is 18.6 Å². The van der Waals surface area contributed by atoms with E-state index in [4.69, 9.17) is 25.9 Å². The molecule has 0 radical (unpaired) electrons. The Balaban J connectivity index is 1.32. The smallest absolute Gasteiger partial charge is 0.320 e. The molecule has 5 rings (SSSR count). The molecule has 2 heterocycles. The molecule has 0 aliphatic rings. The van der Waals surface area contributed by atoms with E-state index in [-0.39, 0.29) is 30.2 Å². The second-order valence-corrected chi connectivity index (χ2v) is 9.63. The average Bonchev–Trinajstić information content (AvgIpc) is 3.44.